The molecule has 1 fully saturated rings. The molecule has 13 heteroatoms. The number of hydrogen-bond acceptors (Lipinski definition) is 4. The third-order valence-corrected chi connectivity index (χ3v) is 6.97. The van der Waals surface area contributed by atoms with Crippen LogP contribution < -0.4 is 5.56 Å². The molecule has 0 bridgehead atoms. The highest BCUT2D eigenvalue weighted by atomic mass is 19.4. The van der Waals surface area contributed by atoms with Crippen molar-refractivity contribution in [3.05, 3.63) is 99.2 Å². The van der Waals surface area contributed by atoms with E-state index in [1.54, 1.807) is 6.07 Å². The fraction of sp³-hybridized carbons (Fsp3) is 0.379. The first kappa shape index (κ1) is 30.9. The number of nitrogens with zero attached hydrogens (tertiary/aromatic N) is 5. The van der Waals surface area contributed by atoms with Gasteiger partial charge in [0.05, 0.1) is 24.1 Å². The zero-order valence-electron chi connectivity index (χ0n) is 22.8. The summed E-state index contributed by atoms with van der Waals surface area (Å²) in [5, 5.41) is 4.02. The Labute approximate surface area is 236 Å². The molecule has 224 valence electrons. The smallest absolute Gasteiger partial charge is 0.330 e. The van der Waals surface area contributed by atoms with Gasteiger partial charge in [-0.2, -0.15) is 31.4 Å². The molecule has 1 aliphatic rings. The van der Waals surface area contributed by atoms with Gasteiger partial charge in [0, 0.05) is 18.8 Å². The second kappa shape index (κ2) is 12.5. The van der Waals surface area contributed by atoms with Crippen LogP contribution in [0.4, 0.5) is 30.7 Å². The van der Waals surface area contributed by atoms with E-state index >= 15 is 0 Å². The van der Waals surface area contributed by atoms with Gasteiger partial charge in [-0.15, -0.1) is 0 Å². The van der Waals surface area contributed by atoms with Gasteiger partial charge in [0.2, 0.25) is 0 Å². The lowest BCUT2D eigenvalue weighted by Crippen LogP contribution is -2.30. The van der Waals surface area contributed by atoms with Crippen molar-refractivity contribution in [3.8, 4) is 11.4 Å². The largest absolute Gasteiger partial charge is 0.433 e. The van der Waals surface area contributed by atoms with Crippen molar-refractivity contribution < 1.29 is 30.7 Å². The van der Waals surface area contributed by atoms with Gasteiger partial charge in [0.1, 0.15) is 17.2 Å². The van der Waals surface area contributed by atoms with Crippen LogP contribution in [-0.2, 0) is 25.9 Å². The molecule has 0 unspecified atom stereocenters. The van der Waals surface area contributed by atoms with Gasteiger partial charge in [-0.1, -0.05) is 31.4 Å². The van der Waals surface area contributed by atoms with Crippen molar-refractivity contribution in [1.29, 1.82) is 0 Å². The quantitative estimate of drug-likeness (QED) is 0.232. The van der Waals surface area contributed by atoms with Gasteiger partial charge in [0.15, 0.2) is 5.69 Å². The SMILES string of the molecule is Cc1cccc(F)c1.Cn1cnc(-c2cc(C3CCCCC3)c(=O)n(Cc3ncccc3C(F)(F)F)n2)c1C(F)(F)F. The highest BCUT2D eigenvalue weighted by molar-refractivity contribution is 5.58. The van der Waals surface area contributed by atoms with Crippen LogP contribution in [0.5, 0.6) is 0 Å². The van der Waals surface area contributed by atoms with E-state index in [9.17, 15) is 35.5 Å². The molecule has 0 spiro atoms. The van der Waals surface area contributed by atoms with E-state index in [1.807, 2.05) is 13.0 Å². The maximum absolute atomic E-state index is 13.7. The number of aromatic nitrogens is 5. The van der Waals surface area contributed by atoms with Crippen LogP contribution in [0, 0.1) is 12.7 Å². The Bertz CT molecular complexity index is 1570. The number of imidazole rings is 1. The van der Waals surface area contributed by atoms with Crippen molar-refractivity contribution in [3.63, 3.8) is 0 Å². The molecule has 3 aromatic heterocycles. The molecular weight excluding hydrogens is 567 g/mol. The lowest BCUT2D eigenvalue weighted by Gasteiger charge is -2.22. The highest BCUT2D eigenvalue weighted by Crippen LogP contribution is 2.37. The number of aryl methyl sites for hydroxylation is 2. The van der Waals surface area contributed by atoms with E-state index in [0.29, 0.717) is 12.8 Å². The number of rotatable bonds is 4. The summed E-state index contributed by atoms with van der Waals surface area (Å²) in [6, 6.07) is 9.76. The van der Waals surface area contributed by atoms with Crippen LogP contribution in [0.3, 0.4) is 0 Å². The predicted octanol–water partition coefficient (Wildman–Crippen LogP) is 7.31. The van der Waals surface area contributed by atoms with E-state index in [4.69, 9.17) is 0 Å². The summed E-state index contributed by atoms with van der Waals surface area (Å²) in [4.78, 5) is 20.9. The molecule has 42 heavy (non-hydrogen) atoms. The van der Waals surface area contributed by atoms with Gasteiger partial charge in [-0.05, 0) is 61.6 Å². The second-order valence-corrected chi connectivity index (χ2v) is 10.1. The van der Waals surface area contributed by atoms with Crippen LogP contribution in [0.2, 0.25) is 0 Å². The predicted molar refractivity (Wildman–Crippen MR) is 141 cm³/mol. The first-order valence-corrected chi connectivity index (χ1v) is 13.2. The van der Waals surface area contributed by atoms with Crippen molar-refractivity contribution in [2.75, 3.05) is 0 Å². The molecule has 0 N–H and O–H groups in total. The Morgan fingerprint density at radius 1 is 0.929 bits per heavy atom. The second-order valence-electron chi connectivity index (χ2n) is 10.1. The van der Waals surface area contributed by atoms with E-state index in [2.05, 4.69) is 15.1 Å². The van der Waals surface area contributed by atoms with Gasteiger partial charge in [0.25, 0.3) is 5.56 Å². The number of benzene rings is 1. The van der Waals surface area contributed by atoms with E-state index in [1.165, 1.54) is 25.2 Å². The summed E-state index contributed by atoms with van der Waals surface area (Å²) in [6.07, 6.45) is -3.35. The van der Waals surface area contributed by atoms with Gasteiger partial charge < -0.3 is 4.57 Å². The lowest BCUT2D eigenvalue weighted by molar-refractivity contribution is -0.142. The lowest BCUT2D eigenvalue weighted by atomic mass is 9.84. The maximum Gasteiger partial charge on any atom is 0.433 e. The van der Waals surface area contributed by atoms with E-state index < -0.39 is 47.1 Å². The maximum atomic E-state index is 13.7. The third-order valence-electron chi connectivity index (χ3n) is 6.97. The van der Waals surface area contributed by atoms with E-state index in [-0.39, 0.29) is 23.0 Å². The Balaban J connectivity index is 0.000000437. The number of halogens is 7. The van der Waals surface area contributed by atoms with Crippen molar-refractivity contribution in [2.24, 2.45) is 7.05 Å². The normalized spacial score (nSPS) is 14.4. The summed E-state index contributed by atoms with van der Waals surface area (Å²) >= 11 is 0. The van der Waals surface area contributed by atoms with Crippen LogP contribution in [0.25, 0.3) is 11.4 Å². The molecule has 5 rings (SSSR count). The molecule has 3 heterocycles. The van der Waals surface area contributed by atoms with Crippen LogP contribution in [0.1, 0.15) is 66.1 Å². The first-order chi connectivity index (χ1) is 19.8. The topological polar surface area (TPSA) is 65.6 Å². The fourth-order valence-electron chi connectivity index (χ4n) is 5.01. The molecule has 0 amide bonds. The van der Waals surface area contributed by atoms with E-state index in [0.717, 1.165) is 58.7 Å². The Kier molecular flexibility index (Phi) is 9.17. The zero-order valence-corrected chi connectivity index (χ0v) is 22.8. The van der Waals surface area contributed by atoms with Crippen molar-refractivity contribution in [1.82, 2.24) is 24.3 Å². The Morgan fingerprint density at radius 3 is 2.24 bits per heavy atom. The summed E-state index contributed by atoms with van der Waals surface area (Å²) in [5.41, 5.74) is -2.71. The Morgan fingerprint density at radius 2 is 1.64 bits per heavy atom. The number of pyridine rings is 1. The minimum Gasteiger partial charge on any atom is -0.330 e. The molecule has 1 saturated carbocycles. The number of alkyl halides is 6. The van der Waals surface area contributed by atoms with Crippen molar-refractivity contribution >= 4 is 0 Å². The van der Waals surface area contributed by atoms with Crippen molar-refractivity contribution in [2.45, 2.75) is 63.8 Å². The fourth-order valence-corrected chi connectivity index (χ4v) is 5.01. The minimum atomic E-state index is -4.75. The molecular formula is C29H28F7N5O. The molecule has 0 radical (unpaired) electrons. The van der Waals surface area contributed by atoms with Crippen LogP contribution in [0.15, 0.2) is 59.8 Å². The minimum absolute atomic E-state index is 0.162. The van der Waals surface area contributed by atoms with Crippen LogP contribution >= 0.6 is 0 Å². The average molecular weight is 596 g/mol. The summed E-state index contributed by atoms with van der Waals surface area (Å²) in [5.74, 6) is -0.386. The summed E-state index contributed by atoms with van der Waals surface area (Å²) < 4.78 is 95.2. The van der Waals surface area contributed by atoms with Gasteiger partial charge in [-0.25, -0.2) is 14.1 Å². The molecule has 1 aromatic carbocycles. The molecule has 0 atom stereocenters. The molecule has 0 aliphatic heterocycles. The third kappa shape index (κ3) is 7.24. The summed E-state index contributed by atoms with van der Waals surface area (Å²) in [7, 11) is 1.18. The number of hydrogen-bond donors (Lipinski definition) is 0. The molecule has 1 aliphatic carbocycles. The van der Waals surface area contributed by atoms with Gasteiger partial charge >= 0.3 is 12.4 Å². The molecule has 0 saturated heterocycles. The molecule has 4 aromatic rings. The van der Waals surface area contributed by atoms with Crippen LogP contribution in [-0.4, -0.2) is 24.3 Å². The monoisotopic (exact) mass is 595 g/mol. The average Bonchev–Trinajstić information content (AvgIpc) is 3.32. The Hall–Kier alpha value is -4.03. The zero-order chi connectivity index (χ0) is 30.7. The van der Waals surface area contributed by atoms with Gasteiger partial charge in [-0.3, -0.25) is 9.78 Å². The first-order valence-electron chi connectivity index (χ1n) is 13.2. The highest BCUT2D eigenvalue weighted by Gasteiger charge is 2.39. The summed E-state index contributed by atoms with van der Waals surface area (Å²) in [6.45, 7) is 1.22. The molecule has 6 nitrogen and oxygen atoms in total. The standard InChI is InChI=1S/C22H21F6N5O.C7H7F/c1-32-12-30-18(19(32)22(26,27)28)16-10-14(13-6-3-2-4-7-13)20(34)33(31-16)11-17-15(21(23,24)25)8-5-9-29-17;1-6-3-2-4-7(8)5-6/h5,8-10,12-13H,2-4,6-7,11H2,1H3;2-5H,1H3.